The first-order valence-electron chi connectivity index (χ1n) is 9.59. The summed E-state index contributed by atoms with van der Waals surface area (Å²) in [6.45, 7) is 7.28. The number of ether oxygens (including phenoxy) is 1. The number of hydrogen-bond acceptors (Lipinski definition) is 3. The molecule has 0 spiro atoms. The van der Waals surface area contributed by atoms with Crippen LogP contribution in [0.4, 0.5) is 0 Å². The van der Waals surface area contributed by atoms with Gasteiger partial charge >= 0.3 is 0 Å². The lowest BCUT2D eigenvalue weighted by Crippen LogP contribution is -2.45. The topological polar surface area (TPSA) is 24.5 Å². The molecule has 0 unspecified atom stereocenters. The number of rotatable bonds is 8. The summed E-state index contributed by atoms with van der Waals surface area (Å²) in [5.41, 5.74) is 2.55. The molecule has 134 valence electrons. The van der Waals surface area contributed by atoms with Crippen molar-refractivity contribution in [1.29, 1.82) is 0 Å². The first-order chi connectivity index (χ1) is 12.4. The van der Waals surface area contributed by atoms with Crippen molar-refractivity contribution in [2.75, 3.05) is 26.2 Å². The van der Waals surface area contributed by atoms with E-state index in [4.69, 9.17) is 4.74 Å². The minimum absolute atomic E-state index is 0.453. The minimum atomic E-state index is 0.453. The van der Waals surface area contributed by atoms with Crippen LogP contribution in [-0.4, -0.2) is 31.1 Å². The Morgan fingerprint density at radius 1 is 1.00 bits per heavy atom. The Balaban J connectivity index is 1.77. The van der Waals surface area contributed by atoms with Crippen LogP contribution in [0.3, 0.4) is 0 Å². The first kappa shape index (κ1) is 18.0. The van der Waals surface area contributed by atoms with E-state index in [2.05, 4.69) is 65.7 Å². The van der Waals surface area contributed by atoms with Gasteiger partial charge < -0.3 is 10.1 Å². The molecular formula is C22H30N2O. The highest BCUT2D eigenvalue weighted by atomic mass is 16.5. The number of hydrogen-bond donors (Lipinski definition) is 1. The van der Waals surface area contributed by atoms with Gasteiger partial charge in [-0.15, -0.1) is 0 Å². The molecule has 0 saturated carbocycles. The number of piperazine rings is 1. The van der Waals surface area contributed by atoms with E-state index in [1.807, 2.05) is 6.07 Å². The maximum absolute atomic E-state index is 6.23. The zero-order valence-electron chi connectivity index (χ0n) is 15.3. The van der Waals surface area contributed by atoms with Gasteiger partial charge in [-0.2, -0.15) is 0 Å². The zero-order chi connectivity index (χ0) is 17.3. The molecule has 3 heteroatoms. The lowest BCUT2D eigenvalue weighted by atomic mass is 9.97. The van der Waals surface area contributed by atoms with Gasteiger partial charge in [0.25, 0.3) is 0 Å². The van der Waals surface area contributed by atoms with Crippen LogP contribution in [0.5, 0.6) is 5.75 Å². The minimum Gasteiger partial charge on any atom is -0.489 e. The number of para-hydroxylation sites is 1. The van der Waals surface area contributed by atoms with E-state index in [0.29, 0.717) is 12.6 Å². The van der Waals surface area contributed by atoms with E-state index in [9.17, 15) is 0 Å². The summed E-state index contributed by atoms with van der Waals surface area (Å²) >= 11 is 0. The van der Waals surface area contributed by atoms with Crippen LogP contribution in [0.2, 0.25) is 0 Å². The number of nitrogens with one attached hydrogen (secondary N) is 1. The van der Waals surface area contributed by atoms with Crippen molar-refractivity contribution in [2.24, 2.45) is 0 Å². The van der Waals surface area contributed by atoms with Crippen molar-refractivity contribution in [2.45, 2.75) is 38.8 Å². The molecule has 1 saturated heterocycles. The molecule has 25 heavy (non-hydrogen) atoms. The SMILES string of the molecule is CCCC[C@@H](c1ccccc1OCc1ccccc1)N1CCNCC1. The van der Waals surface area contributed by atoms with Gasteiger partial charge in [0.05, 0.1) is 0 Å². The number of unbranched alkanes of at least 4 members (excludes halogenated alkanes) is 1. The van der Waals surface area contributed by atoms with Crippen molar-refractivity contribution < 1.29 is 4.74 Å². The van der Waals surface area contributed by atoms with Crippen LogP contribution in [0.15, 0.2) is 54.6 Å². The molecule has 2 aromatic carbocycles. The Morgan fingerprint density at radius 3 is 2.48 bits per heavy atom. The van der Waals surface area contributed by atoms with Crippen molar-refractivity contribution in [3.8, 4) is 5.75 Å². The largest absolute Gasteiger partial charge is 0.489 e. The second kappa shape index (κ2) is 9.59. The monoisotopic (exact) mass is 338 g/mol. The second-order valence-corrected chi connectivity index (χ2v) is 6.76. The van der Waals surface area contributed by atoms with Crippen molar-refractivity contribution in [3.63, 3.8) is 0 Å². The molecule has 1 aliphatic heterocycles. The van der Waals surface area contributed by atoms with Crippen molar-refractivity contribution >= 4 is 0 Å². The summed E-state index contributed by atoms with van der Waals surface area (Å²) in [4.78, 5) is 2.62. The van der Waals surface area contributed by atoms with Crippen LogP contribution in [0.1, 0.15) is 43.4 Å². The molecule has 0 aromatic heterocycles. The Bertz CT molecular complexity index is 623. The molecule has 1 atom stereocenters. The fourth-order valence-corrected chi connectivity index (χ4v) is 3.55. The Kier molecular flexibility index (Phi) is 6.89. The highest BCUT2D eigenvalue weighted by Gasteiger charge is 2.24. The highest BCUT2D eigenvalue weighted by Crippen LogP contribution is 2.33. The normalized spacial score (nSPS) is 16.5. The fraction of sp³-hybridized carbons (Fsp3) is 0.455. The summed E-state index contributed by atoms with van der Waals surface area (Å²) in [5, 5.41) is 3.47. The standard InChI is InChI=1S/C22H30N2O/c1-2-3-12-21(24-16-14-23-15-17-24)20-11-7-8-13-22(20)25-18-19-9-5-4-6-10-19/h4-11,13,21,23H,2-3,12,14-18H2,1H3/t21-/m0/s1. The first-order valence-corrected chi connectivity index (χ1v) is 9.59. The third-order valence-corrected chi connectivity index (χ3v) is 4.94. The number of benzene rings is 2. The molecule has 3 nitrogen and oxygen atoms in total. The molecule has 1 heterocycles. The van der Waals surface area contributed by atoms with Crippen molar-refractivity contribution in [1.82, 2.24) is 10.2 Å². The maximum atomic E-state index is 6.23. The summed E-state index contributed by atoms with van der Waals surface area (Å²) in [6, 6.07) is 19.5. The van der Waals surface area contributed by atoms with Gasteiger partial charge in [0, 0.05) is 37.8 Å². The molecule has 0 radical (unpaired) electrons. The lowest BCUT2D eigenvalue weighted by Gasteiger charge is -2.36. The van der Waals surface area contributed by atoms with Crippen LogP contribution in [0, 0.1) is 0 Å². The average molecular weight is 338 g/mol. The molecule has 0 amide bonds. The Morgan fingerprint density at radius 2 is 1.72 bits per heavy atom. The number of nitrogens with zero attached hydrogens (tertiary/aromatic N) is 1. The smallest absolute Gasteiger partial charge is 0.124 e. The molecule has 2 aromatic rings. The Hall–Kier alpha value is -1.84. The summed E-state index contributed by atoms with van der Waals surface area (Å²) in [5.74, 6) is 1.03. The zero-order valence-corrected chi connectivity index (χ0v) is 15.3. The molecule has 0 aliphatic carbocycles. The summed E-state index contributed by atoms with van der Waals surface area (Å²) in [6.07, 6.45) is 3.68. The Labute approximate surface area is 152 Å². The highest BCUT2D eigenvalue weighted by molar-refractivity contribution is 5.36. The van der Waals surface area contributed by atoms with Gasteiger partial charge in [-0.3, -0.25) is 4.90 Å². The van der Waals surface area contributed by atoms with E-state index < -0.39 is 0 Å². The molecule has 0 bridgehead atoms. The van der Waals surface area contributed by atoms with Gasteiger partial charge in [-0.05, 0) is 18.1 Å². The van der Waals surface area contributed by atoms with Crippen LogP contribution in [-0.2, 0) is 6.61 Å². The van der Waals surface area contributed by atoms with Gasteiger partial charge in [0.1, 0.15) is 12.4 Å². The van der Waals surface area contributed by atoms with Crippen LogP contribution < -0.4 is 10.1 Å². The van der Waals surface area contributed by atoms with Crippen LogP contribution >= 0.6 is 0 Å². The van der Waals surface area contributed by atoms with Gasteiger partial charge in [-0.1, -0.05) is 68.3 Å². The third-order valence-electron chi connectivity index (χ3n) is 4.94. The third kappa shape index (κ3) is 5.07. The maximum Gasteiger partial charge on any atom is 0.124 e. The second-order valence-electron chi connectivity index (χ2n) is 6.76. The van der Waals surface area contributed by atoms with Crippen molar-refractivity contribution in [3.05, 3.63) is 65.7 Å². The average Bonchev–Trinajstić information content (AvgIpc) is 2.69. The predicted octanol–water partition coefficient (Wildman–Crippen LogP) is 4.40. The van der Waals surface area contributed by atoms with E-state index >= 15 is 0 Å². The lowest BCUT2D eigenvalue weighted by molar-refractivity contribution is 0.158. The van der Waals surface area contributed by atoms with E-state index in [1.54, 1.807) is 0 Å². The molecule has 1 aliphatic rings. The molecule has 3 rings (SSSR count). The molecule has 1 N–H and O–H groups in total. The van der Waals surface area contributed by atoms with E-state index in [0.717, 1.165) is 31.9 Å². The fourth-order valence-electron chi connectivity index (χ4n) is 3.55. The molecule has 1 fully saturated rings. The van der Waals surface area contributed by atoms with Gasteiger partial charge in [0.15, 0.2) is 0 Å². The predicted molar refractivity (Wildman–Crippen MR) is 104 cm³/mol. The molecular weight excluding hydrogens is 308 g/mol. The van der Waals surface area contributed by atoms with Gasteiger partial charge in [-0.25, -0.2) is 0 Å². The summed E-state index contributed by atoms with van der Waals surface area (Å²) < 4.78 is 6.23. The van der Waals surface area contributed by atoms with E-state index in [-0.39, 0.29) is 0 Å². The van der Waals surface area contributed by atoms with E-state index in [1.165, 1.54) is 30.4 Å². The van der Waals surface area contributed by atoms with Crippen LogP contribution in [0.25, 0.3) is 0 Å². The summed E-state index contributed by atoms with van der Waals surface area (Å²) in [7, 11) is 0. The quantitative estimate of drug-likeness (QED) is 0.772. The van der Waals surface area contributed by atoms with Gasteiger partial charge in [0.2, 0.25) is 0 Å².